The van der Waals surface area contributed by atoms with Crippen LogP contribution in [0.5, 0.6) is 0 Å². The Morgan fingerprint density at radius 3 is 2.70 bits per heavy atom. The fourth-order valence-electron chi connectivity index (χ4n) is 2.27. The van der Waals surface area contributed by atoms with Gasteiger partial charge in [-0.1, -0.05) is 18.2 Å². The Balaban J connectivity index is 1.98. The maximum Gasteiger partial charge on any atom is 0.272 e. The van der Waals surface area contributed by atoms with E-state index in [1.54, 1.807) is 42.2 Å². The van der Waals surface area contributed by atoms with E-state index < -0.39 is 17.8 Å². The number of rotatable bonds is 4. The number of halogens is 1. The molecule has 0 spiro atoms. The summed E-state index contributed by atoms with van der Waals surface area (Å²) in [5, 5.41) is 2.77. The number of nitrogens with one attached hydrogen (secondary N) is 1. The van der Waals surface area contributed by atoms with Crippen LogP contribution in [0.4, 0.5) is 4.39 Å². The molecule has 1 amide bonds. The average Bonchev–Trinajstić information content (AvgIpc) is 3.00. The van der Waals surface area contributed by atoms with Gasteiger partial charge in [0, 0.05) is 37.4 Å². The fourth-order valence-corrected chi connectivity index (χ4v) is 2.27. The third-order valence-corrected chi connectivity index (χ3v) is 3.40. The second-order valence-electron chi connectivity index (χ2n) is 4.91. The van der Waals surface area contributed by atoms with Gasteiger partial charge in [-0.25, -0.2) is 14.4 Å². The minimum absolute atomic E-state index is 0.156. The smallest absolute Gasteiger partial charge is 0.272 e. The SMILES string of the molecule is Cn1ccnc1C(NC(=O)c1cnccn1)c1ccccc1F. The van der Waals surface area contributed by atoms with Crippen molar-refractivity contribution in [3.8, 4) is 0 Å². The normalized spacial score (nSPS) is 11.9. The standard InChI is InChI=1S/C16H14FN5O/c1-22-9-8-20-15(22)14(11-4-2-3-5-12(11)17)21-16(23)13-10-18-6-7-19-13/h2-10,14H,1H3,(H,21,23). The Hall–Kier alpha value is -3.09. The van der Waals surface area contributed by atoms with Gasteiger partial charge in [0.2, 0.25) is 0 Å². The molecule has 0 saturated heterocycles. The molecule has 0 radical (unpaired) electrons. The summed E-state index contributed by atoms with van der Waals surface area (Å²) < 4.78 is 15.9. The van der Waals surface area contributed by atoms with Crippen LogP contribution in [0.15, 0.2) is 55.2 Å². The van der Waals surface area contributed by atoms with Crippen LogP contribution in [-0.2, 0) is 7.05 Å². The lowest BCUT2D eigenvalue weighted by molar-refractivity contribution is 0.0935. The summed E-state index contributed by atoms with van der Waals surface area (Å²) in [5.74, 6) is -0.346. The topological polar surface area (TPSA) is 72.7 Å². The van der Waals surface area contributed by atoms with Gasteiger partial charge in [0.15, 0.2) is 0 Å². The van der Waals surface area contributed by atoms with Crippen LogP contribution >= 0.6 is 0 Å². The first kappa shape index (κ1) is 14.8. The highest BCUT2D eigenvalue weighted by molar-refractivity contribution is 5.92. The number of amides is 1. The molecule has 0 bridgehead atoms. The molecular formula is C16H14FN5O. The molecule has 1 atom stereocenters. The van der Waals surface area contributed by atoms with Gasteiger partial charge in [0.25, 0.3) is 5.91 Å². The first-order chi connectivity index (χ1) is 11.2. The molecule has 2 aromatic heterocycles. The van der Waals surface area contributed by atoms with E-state index in [0.717, 1.165) is 0 Å². The van der Waals surface area contributed by atoms with Gasteiger partial charge in [0.1, 0.15) is 23.4 Å². The Morgan fingerprint density at radius 1 is 1.22 bits per heavy atom. The quantitative estimate of drug-likeness (QED) is 0.798. The van der Waals surface area contributed by atoms with Gasteiger partial charge >= 0.3 is 0 Å². The third-order valence-electron chi connectivity index (χ3n) is 3.40. The highest BCUT2D eigenvalue weighted by Crippen LogP contribution is 2.23. The lowest BCUT2D eigenvalue weighted by Crippen LogP contribution is -2.32. The van der Waals surface area contributed by atoms with Crippen molar-refractivity contribution in [3.63, 3.8) is 0 Å². The van der Waals surface area contributed by atoms with Crippen LogP contribution in [0.3, 0.4) is 0 Å². The predicted molar refractivity (Wildman–Crippen MR) is 80.9 cm³/mol. The summed E-state index contributed by atoms with van der Waals surface area (Å²) in [6.45, 7) is 0. The molecular weight excluding hydrogens is 297 g/mol. The molecule has 1 aromatic carbocycles. The molecule has 1 unspecified atom stereocenters. The molecule has 0 aliphatic heterocycles. The Labute approximate surface area is 132 Å². The maximum absolute atomic E-state index is 14.2. The number of carbonyl (C=O) groups excluding carboxylic acids is 1. The number of hydrogen-bond donors (Lipinski definition) is 1. The van der Waals surface area contributed by atoms with Crippen LogP contribution in [0.25, 0.3) is 0 Å². The third kappa shape index (κ3) is 3.08. The van der Waals surface area contributed by atoms with E-state index in [4.69, 9.17) is 0 Å². The van der Waals surface area contributed by atoms with Crippen molar-refractivity contribution in [2.24, 2.45) is 7.05 Å². The zero-order chi connectivity index (χ0) is 16.2. The maximum atomic E-state index is 14.2. The minimum atomic E-state index is -0.731. The molecule has 116 valence electrons. The van der Waals surface area contributed by atoms with Crippen LogP contribution in [0.1, 0.15) is 27.9 Å². The zero-order valence-corrected chi connectivity index (χ0v) is 12.3. The summed E-state index contributed by atoms with van der Waals surface area (Å²) >= 11 is 0. The van der Waals surface area contributed by atoms with Gasteiger partial charge in [-0.2, -0.15) is 0 Å². The second kappa shape index (κ2) is 6.35. The van der Waals surface area contributed by atoms with E-state index >= 15 is 0 Å². The largest absolute Gasteiger partial charge is 0.336 e. The van der Waals surface area contributed by atoms with Crippen molar-refractivity contribution in [1.29, 1.82) is 0 Å². The molecule has 6 nitrogen and oxygen atoms in total. The molecule has 2 heterocycles. The highest BCUT2D eigenvalue weighted by Gasteiger charge is 2.24. The van der Waals surface area contributed by atoms with Crippen molar-refractivity contribution in [3.05, 3.63) is 78.1 Å². The Kier molecular flexibility index (Phi) is 4.09. The summed E-state index contributed by atoms with van der Waals surface area (Å²) in [6.07, 6.45) is 7.58. The van der Waals surface area contributed by atoms with Gasteiger partial charge in [-0.3, -0.25) is 9.78 Å². The molecule has 23 heavy (non-hydrogen) atoms. The molecule has 7 heteroatoms. The average molecular weight is 311 g/mol. The molecule has 3 aromatic rings. The van der Waals surface area contributed by atoms with E-state index in [1.165, 1.54) is 24.7 Å². The number of nitrogens with zero attached hydrogens (tertiary/aromatic N) is 4. The number of imidazole rings is 1. The number of aromatic nitrogens is 4. The summed E-state index contributed by atoms with van der Waals surface area (Å²) in [7, 11) is 1.78. The first-order valence-electron chi connectivity index (χ1n) is 6.95. The fraction of sp³-hybridized carbons (Fsp3) is 0.125. The highest BCUT2D eigenvalue weighted by atomic mass is 19.1. The molecule has 0 aliphatic carbocycles. The monoisotopic (exact) mass is 311 g/mol. The van der Waals surface area contributed by atoms with E-state index in [9.17, 15) is 9.18 Å². The first-order valence-corrected chi connectivity index (χ1v) is 6.95. The number of hydrogen-bond acceptors (Lipinski definition) is 4. The van der Waals surface area contributed by atoms with Crippen LogP contribution in [0.2, 0.25) is 0 Å². The van der Waals surface area contributed by atoms with Crippen LogP contribution < -0.4 is 5.32 Å². The summed E-state index contributed by atoms with van der Waals surface area (Å²) in [5.41, 5.74) is 0.488. The van der Waals surface area contributed by atoms with Crippen LogP contribution in [-0.4, -0.2) is 25.4 Å². The predicted octanol–water partition coefficient (Wildman–Crippen LogP) is 1.87. The van der Waals surface area contributed by atoms with Crippen molar-refractivity contribution < 1.29 is 9.18 Å². The van der Waals surface area contributed by atoms with Crippen molar-refractivity contribution in [1.82, 2.24) is 24.8 Å². The van der Waals surface area contributed by atoms with Gasteiger partial charge in [0.05, 0.1) is 6.20 Å². The lowest BCUT2D eigenvalue weighted by atomic mass is 10.1. The zero-order valence-electron chi connectivity index (χ0n) is 12.3. The number of carbonyl (C=O) groups is 1. The molecule has 1 N–H and O–H groups in total. The number of aryl methyl sites for hydroxylation is 1. The van der Waals surface area contributed by atoms with E-state index in [-0.39, 0.29) is 5.69 Å². The summed E-state index contributed by atoms with van der Waals surface area (Å²) in [4.78, 5) is 24.4. The minimum Gasteiger partial charge on any atom is -0.336 e. The van der Waals surface area contributed by atoms with Gasteiger partial charge in [-0.15, -0.1) is 0 Å². The Bertz CT molecular complexity index is 818. The molecule has 3 rings (SSSR count). The summed E-state index contributed by atoms with van der Waals surface area (Å²) in [6, 6.07) is 5.54. The van der Waals surface area contributed by atoms with Gasteiger partial charge < -0.3 is 9.88 Å². The van der Waals surface area contributed by atoms with Gasteiger partial charge in [-0.05, 0) is 6.07 Å². The Morgan fingerprint density at radius 2 is 2.04 bits per heavy atom. The number of benzene rings is 1. The molecule has 0 saturated carbocycles. The van der Waals surface area contributed by atoms with E-state index in [1.807, 2.05) is 0 Å². The second-order valence-corrected chi connectivity index (χ2v) is 4.91. The molecule has 0 aliphatic rings. The lowest BCUT2D eigenvalue weighted by Gasteiger charge is -2.19. The van der Waals surface area contributed by atoms with E-state index in [2.05, 4.69) is 20.3 Å². The van der Waals surface area contributed by atoms with E-state index in [0.29, 0.717) is 11.4 Å². The van der Waals surface area contributed by atoms with Crippen LogP contribution in [0, 0.1) is 5.82 Å². The van der Waals surface area contributed by atoms with Crippen molar-refractivity contribution in [2.75, 3.05) is 0 Å². The van der Waals surface area contributed by atoms with Crippen molar-refractivity contribution >= 4 is 5.91 Å². The van der Waals surface area contributed by atoms with Crippen molar-refractivity contribution in [2.45, 2.75) is 6.04 Å². The molecule has 0 fully saturated rings.